The van der Waals surface area contributed by atoms with Crippen molar-refractivity contribution in [2.24, 2.45) is 0 Å². The Morgan fingerprint density at radius 2 is 1.95 bits per heavy atom. The van der Waals surface area contributed by atoms with E-state index < -0.39 is 0 Å². The molecule has 2 amide bonds. The first-order valence-electron chi connectivity index (χ1n) is 7.48. The van der Waals surface area contributed by atoms with E-state index in [1.165, 1.54) is 6.26 Å². The second kappa shape index (κ2) is 9.99. The van der Waals surface area contributed by atoms with E-state index in [4.69, 9.17) is 4.42 Å². The van der Waals surface area contributed by atoms with Gasteiger partial charge in [-0.05, 0) is 31.6 Å². The van der Waals surface area contributed by atoms with Gasteiger partial charge in [-0.3, -0.25) is 9.59 Å². The molecular formula is C15H25N3O3. The highest BCUT2D eigenvalue weighted by molar-refractivity contribution is 5.91. The van der Waals surface area contributed by atoms with Crippen LogP contribution in [0.5, 0.6) is 0 Å². The van der Waals surface area contributed by atoms with Crippen LogP contribution in [-0.4, -0.2) is 49.4 Å². The summed E-state index contributed by atoms with van der Waals surface area (Å²) < 4.78 is 4.97. The predicted octanol–water partition coefficient (Wildman–Crippen LogP) is 1.25. The van der Waals surface area contributed by atoms with Crippen molar-refractivity contribution in [1.82, 2.24) is 15.5 Å². The van der Waals surface area contributed by atoms with Gasteiger partial charge in [-0.1, -0.05) is 13.8 Å². The van der Waals surface area contributed by atoms with Gasteiger partial charge >= 0.3 is 0 Å². The zero-order valence-corrected chi connectivity index (χ0v) is 12.9. The molecule has 1 heterocycles. The molecule has 21 heavy (non-hydrogen) atoms. The lowest BCUT2D eigenvalue weighted by molar-refractivity contribution is -0.121. The maximum absolute atomic E-state index is 11.6. The fourth-order valence-corrected chi connectivity index (χ4v) is 1.93. The molecule has 1 aromatic rings. The number of carbonyl (C=O) groups excluding carboxylic acids is 2. The lowest BCUT2D eigenvalue weighted by Gasteiger charge is -2.17. The van der Waals surface area contributed by atoms with Crippen molar-refractivity contribution in [1.29, 1.82) is 0 Å². The molecule has 1 rings (SSSR count). The standard InChI is InChI=1S/C15H25N3O3/c1-3-18(4-2)11-10-16-14(19)8-5-9-17-15(20)13-7-6-12-21-13/h6-7,12H,3-5,8-11H2,1-2H3,(H,16,19)(H,17,20). The number of amides is 2. The molecule has 6 heteroatoms. The highest BCUT2D eigenvalue weighted by atomic mass is 16.3. The first kappa shape index (κ1) is 17.2. The Morgan fingerprint density at radius 3 is 2.57 bits per heavy atom. The van der Waals surface area contributed by atoms with Crippen LogP contribution >= 0.6 is 0 Å². The van der Waals surface area contributed by atoms with Gasteiger partial charge in [0.1, 0.15) is 0 Å². The zero-order valence-electron chi connectivity index (χ0n) is 12.9. The summed E-state index contributed by atoms with van der Waals surface area (Å²) in [4.78, 5) is 25.4. The molecule has 0 aromatic carbocycles. The van der Waals surface area contributed by atoms with Gasteiger partial charge in [0, 0.05) is 26.1 Å². The Bertz CT molecular complexity index is 414. The summed E-state index contributed by atoms with van der Waals surface area (Å²) in [6.07, 6.45) is 2.48. The first-order valence-corrected chi connectivity index (χ1v) is 7.48. The number of carbonyl (C=O) groups is 2. The van der Waals surface area contributed by atoms with Crippen LogP contribution in [0.25, 0.3) is 0 Å². The third-order valence-electron chi connectivity index (χ3n) is 3.26. The fourth-order valence-electron chi connectivity index (χ4n) is 1.93. The van der Waals surface area contributed by atoms with Crippen molar-refractivity contribution in [3.8, 4) is 0 Å². The Kier molecular flexibility index (Phi) is 8.19. The number of nitrogens with zero attached hydrogens (tertiary/aromatic N) is 1. The van der Waals surface area contributed by atoms with Gasteiger partial charge in [-0.25, -0.2) is 0 Å². The van der Waals surface area contributed by atoms with Crippen LogP contribution < -0.4 is 10.6 Å². The summed E-state index contributed by atoms with van der Waals surface area (Å²) in [5.41, 5.74) is 0. The second-order valence-corrected chi connectivity index (χ2v) is 4.71. The molecule has 0 saturated carbocycles. The van der Waals surface area contributed by atoms with Gasteiger partial charge in [0.25, 0.3) is 5.91 Å². The SMILES string of the molecule is CCN(CC)CCNC(=O)CCCNC(=O)c1ccco1. The van der Waals surface area contributed by atoms with E-state index in [2.05, 4.69) is 29.4 Å². The summed E-state index contributed by atoms with van der Waals surface area (Å²) in [5, 5.41) is 5.60. The van der Waals surface area contributed by atoms with E-state index in [0.29, 0.717) is 31.7 Å². The average Bonchev–Trinajstić information content (AvgIpc) is 3.02. The molecule has 0 fully saturated rings. The molecule has 1 aromatic heterocycles. The average molecular weight is 295 g/mol. The third-order valence-corrected chi connectivity index (χ3v) is 3.26. The Hall–Kier alpha value is -1.82. The predicted molar refractivity (Wildman–Crippen MR) is 81.1 cm³/mol. The van der Waals surface area contributed by atoms with Crippen LogP contribution in [0, 0.1) is 0 Å². The van der Waals surface area contributed by atoms with Gasteiger partial charge in [0.2, 0.25) is 5.91 Å². The van der Waals surface area contributed by atoms with Crippen LogP contribution in [0.15, 0.2) is 22.8 Å². The molecule has 0 bridgehead atoms. The molecule has 0 atom stereocenters. The van der Waals surface area contributed by atoms with Crippen molar-refractivity contribution in [3.05, 3.63) is 24.2 Å². The van der Waals surface area contributed by atoms with E-state index in [-0.39, 0.29) is 11.8 Å². The minimum atomic E-state index is -0.248. The molecule has 118 valence electrons. The van der Waals surface area contributed by atoms with Gasteiger partial charge in [0.15, 0.2) is 5.76 Å². The molecule has 0 radical (unpaired) electrons. The summed E-state index contributed by atoms with van der Waals surface area (Å²) >= 11 is 0. The zero-order chi connectivity index (χ0) is 15.5. The normalized spacial score (nSPS) is 10.6. The third kappa shape index (κ3) is 6.94. The minimum absolute atomic E-state index is 0.0226. The number of hydrogen-bond acceptors (Lipinski definition) is 4. The highest BCUT2D eigenvalue weighted by Crippen LogP contribution is 1.99. The Morgan fingerprint density at radius 1 is 1.19 bits per heavy atom. The lowest BCUT2D eigenvalue weighted by atomic mass is 10.3. The maximum atomic E-state index is 11.6. The maximum Gasteiger partial charge on any atom is 0.286 e. The number of hydrogen-bond donors (Lipinski definition) is 2. The summed E-state index contributed by atoms with van der Waals surface area (Å²) in [5.74, 6) is 0.0648. The van der Waals surface area contributed by atoms with Gasteiger partial charge < -0.3 is 20.0 Å². The van der Waals surface area contributed by atoms with Crippen molar-refractivity contribution < 1.29 is 14.0 Å². The van der Waals surface area contributed by atoms with Gasteiger partial charge in [-0.15, -0.1) is 0 Å². The van der Waals surface area contributed by atoms with E-state index in [1.54, 1.807) is 12.1 Å². The van der Waals surface area contributed by atoms with E-state index in [1.807, 2.05) is 0 Å². The van der Waals surface area contributed by atoms with Crippen molar-refractivity contribution in [2.45, 2.75) is 26.7 Å². The molecule has 0 aliphatic carbocycles. The van der Waals surface area contributed by atoms with E-state index >= 15 is 0 Å². The molecule has 0 unspecified atom stereocenters. The molecule has 0 saturated heterocycles. The minimum Gasteiger partial charge on any atom is -0.459 e. The number of furan rings is 1. The molecule has 0 aliphatic heterocycles. The number of nitrogens with one attached hydrogen (secondary N) is 2. The Balaban J connectivity index is 2.04. The van der Waals surface area contributed by atoms with Crippen molar-refractivity contribution in [3.63, 3.8) is 0 Å². The summed E-state index contributed by atoms with van der Waals surface area (Å²) in [7, 11) is 0. The van der Waals surface area contributed by atoms with Crippen LogP contribution in [0.4, 0.5) is 0 Å². The molecule has 0 aliphatic rings. The smallest absolute Gasteiger partial charge is 0.286 e. The molecule has 0 spiro atoms. The topological polar surface area (TPSA) is 74.6 Å². The molecular weight excluding hydrogens is 270 g/mol. The number of likely N-dealkylation sites (N-methyl/N-ethyl adjacent to an activating group) is 1. The van der Waals surface area contributed by atoms with Crippen LogP contribution in [-0.2, 0) is 4.79 Å². The summed E-state index contributed by atoms with van der Waals surface area (Å²) in [6.45, 7) is 8.19. The van der Waals surface area contributed by atoms with Crippen LogP contribution in [0.1, 0.15) is 37.2 Å². The highest BCUT2D eigenvalue weighted by Gasteiger charge is 2.07. The van der Waals surface area contributed by atoms with Crippen molar-refractivity contribution in [2.75, 3.05) is 32.7 Å². The summed E-state index contributed by atoms with van der Waals surface area (Å²) in [6, 6.07) is 3.27. The van der Waals surface area contributed by atoms with Crippen LogP contribution in [0.2, 0.25) is 0 Å². The lowest BCUT2D eigenvalue weighted by Crippen LogP contribution is -2.35. The van der Waals surface area contributed by atoms with Crippen LogP contribution in [0.3, 0.4) is 0 Å². The van der Waals surface area contributed by atoms with Crippen molar-refractivity contribution >= 4 is 11.8 Å². The monoisotopic (exact) mass is 295 g/mol. The van der Waals surface area contributed by atoms with E-state index in [9.17, 15) is 9.59 Å². The molecule has 2 N–H and O–H groups in total. The fraction of sp³-hybridized carbons (Fsp3) is 0.600. The number of rotatable bonds is 10. The quantitative estimate of drug-likeness (QED) is 0.637. The second-order valence-electron chi connectivity index (χ2n) is 4.71. The van der Waals surface area contributed by atoms with Gasteiger partial charge in [0.05, 0.1) is 6.26 Å². The van der Waals surface area contributed by atoms with Gasteiger partial charge in [-0.2, -0.15) is 0 Å². The largest absolute Gasteiger partial charge is 0.459 e. The first-order chi connectivity index (χ1) is 10.2. The molecule has 6 nitrogen and oxygen atoms in total. The Labute approximate surface area is 125 Å². The van der Waals surface area contributed by atoms with E-state index in [0.717, 1.165) is 19.6 Å².